The van der Waals surface area contributed by atoms with Gasteiger partial charge in [-0.15, -0.1) is 11.3 Å². The van der Waals surface area contributed by atoms with Crippen molar-refractivity contribution in [3.63, 3.8) is 0 Å². The summed E-state index contributed by atoms with van der Waals surface area (Å²) >= 11 is 1.39. The van der Waals surface area contributed by atoms with Gasteiger partial charge in [0.15, 0.2) is 0 Å². The van der Waals surface area contributed by atoms with E-state index in [2.05, 4.69) is 10.6 Å². The van der Waals surface area contributed by atoms with Gasteiger partial charge in [0.1, 0.15) is 6.61 Å². The molecule has 0 atom stereocenters. The third-order valence-corrected chi connectivity index (χ3v) is 4.55. The maximum Gasteiger partial charge on any atom is 0.266 e. The summed E-state index contributed by atoms with van der Waals surface area (Å²) < 4.78 is 4.79. The summed E-state index contributed by atoms with van der Waals surface area (Å²) in [5.41, 5.74) is 3.11. The van der Waals surface area contributed by atoms with Gasteiger partial charge in [0, 0.05) is 24.0 Å². The average Bonchev–Trinajstić information content (AvgIpc) is 3.13. The Bertz CT molecular complexity index is 906. The van der Waals surface area contributed by atoms with Crippen molar-refractivity contribution >= 4 is 34.5 Å². The summed E-state index contributed by atoms with van der Waals surface area (Å²) in [5.74, 6) is -0.431. The molecule has 1 aromatic heterocycles. The number of carbonyl (C=O) groups is 2. The molecule has 0 aliphatic rings. The molecule has 6 heteroatoms. The Balaban J connectivity index is 1.75. The largest absolute Gasteiger partial charge is 0.375 e. The Morgan fingerprint density at radius 3 is 2.42 bits per heavy atom. The number of rotatable bonds is 6. The third kappa shape index (κ3) is 4.36. The maximum absolute atomic E-state index is 12.7. The average molecular weight is 366 g/mol. The molecule has 1 heterocycles. The van der Waals surface area contributed by atoms with Crippen molar-refractivity contribution in [3.8, 4) is 11.1 Å². The molecular weight excluding hydrogens is 348 g/mol. The zero-order valence-electron chi connectivity index (χ0n) is 14.2. The van der Waals surface area contributed by atoms with Crippen LogP contribution >= 0.6 is 11.3 Å². The molecule has 0 spiro atoms. The molecule has 0 fully saturated rings. The number of anilines is 2. The molecule has 0 aliphatic heterocycles. The molecule has 0 aliphatic carbocycles. The van der Waals surface area contributed by atoms with Crippen molar-refractivity contribution in [2.45, 2.75) is 0 Å². The first-order chi connectivity index (χ1) is 12.7. The number of hydrogen-bond donors (Lipinski definition) is 2. The highest BCUT2D eigenvalue weighted by Crippen LogP contribution is 2.29. The fraction of sp³-hybridized carbons (Fsp3) is 0.100. The van der Waals surface area contributed by atoms with Crippen LogP contribution in [-0.2, 0) is 9.53 Å². The highest BCUT2D eigenvalue weighted by Gasteiger charge is 2.15. The smallest absolute Gasteiger partial charge is 0.266 e. The summed E-state index contributed by atoms with van der Waals surface area (Å²) in [6, 6.07) is 18.7. The molecule has 3 rings (SSSR count). The number of hydrogen-bond acceptors (Lipinski definition) is 4. The lowest BCUT2D eigenvalue weighted by molar-refractivity contribution is -0.119. The highest BCUT2D eigenvalue weighted by atomic mass is 32.1. The van der Waals surface area contributed by atoms with Crippen LogP contribution in [0.1, 0.15) is 9.67 Å². The molecule has 132 valence electrons. The predicted molar refractivity (Wildman–Crippen MR) is 105 cm³/mol. The van der Waals surface area contributed by atoms with Crippen LogP contribution in [-0.4, -0.2) is 25.5 Å². The van der Waals surface area contributed by atoms with E-state index >= 15 is 0 Å². The molecule has 3 aromatic rings. The zero-order valence-corrected chi connectivity index (χ0v) is 15.0. The first-order valence-corrected chi connectivity index (χ1v) is 8.88. The Kier molecular flexibility index (Phi) is 5.78. The van der Waals surface area contributed by atoms with Crippen molar-refractivity contribution in [2.75, 3.05) is 24.4 Å². The predicted octanol–water partition coefficient (Wildman–Crippen LogP) is 4.25. The van der Waals surface area contributed by atoms with Crippen LogP contribution in [0.4, 0.5) is 11.4 Å². The van der Waals surface area contributed by atoms with E-state index in [9.17, 15) is 9.59 Å². The lowest BCUT2D eigenvalue weighted by Gasteiger charge is -2.09. The molecule has 5 nitrogen and oxygen atoms in total. The minimum Gasteiger partial charge on any atom is -0.375 e. The Morgan fingerprint density at radius 1 is 0.962 bits per heavy atom. The summed E-state index contributed by atoms with van der Waals surface area (Å²) in [6.07, 6.45) is 0. The highest BCUT2D eigenvalue weighted by molar-refractivity contribution is 7.12. The van der Waals surface area contributed by atoms with Crippen LogP contribution in [0.5, 0.6) is 0 Å². The van der Waals surface area contributed by atoms with Crippen molar-refractivity contribution in [1.29, 1.82) is 0 Å². The minimum atomic E-state index is -0.249. The Labute approximate surface area is 155 Å². The quantitative estimate of drug-likeness (QED) is 0.685. The monoisotopic (exact) mass is 366 g/mol. The maximum atomic E-state index is 12.7. The van der Waals surface area contributed by atoms with Gasteiger partial charge in [-0.05, 0) is 35.2 Å². The molecule has 0 radical (unpaired) electrons. The molecule has 2 aromatic carbocycles. The summed E-state index contributed by atoms with van der Waals surface area (Å²) in [7, 11) is 1.46. The summed E-state index contributed by atoms with van der Waals surface area (Å²) in [5, 5.41) is 7.51. The zero-order chi connectivity index (χ0) is 18.4. The lowest BCUT2D eigenvalue weighted by Crippen LogP contribution is -2.17. The van der Waals surface area contributed by atoms with Gasteiger partial charge < -0.3 is 15.4 Å². The molecule has 0 saturated heterocycles. The number of methoxy groups -OCH3 is 1. The van der Waals surface area contributed by atoms with Gasteiger partial charge in [-0.1, -0.05) is 36.4 Å². The van der Waals surface area contributed by atoms with E-state index in [0.717, 1.165) is 11.1 Å². The topological polar surface area (TPSA) is 67.4 Å². The summed E-state index contributed by atoms with van der Waals surface area (Å²) in [6.45, 7) is -0.0216. The number of ether oxygens (including phenoxy) is 1. The SMILES string of the molecule is COCC(=O)Nc1cccc(NC(=O)c2sccc2-c2ccccc2)c1. The van der Waals surface area contributed by atoms with Gasteiger partial charge in [-0.3, -0.25) is 9.59 Å². The lowest BCUT2D eigenvalue weighted by atomic mass is 10.1. The fourth-order valence-corrected chi connectivity index (χ4v) is 3.33. The number of carbonyl (C=O) groups excluding carboxylic acids is 2. The Morgan fingerprint density at radius 2 is 1.69 bits per heavy atom. The molecular formula is C20H18N2O3S. The van der Waals surface area contributed by atoms with Gasteiger partial charge in [0.05, 0.1) is 4.88 Å². The molecule has 2 amide bonds. The number of nitrogens with one attached hydrogen (secondary N) is 2. The second-order valence-electron chi connectivity index (χ2n) is 5.55. The molecule has 0 saturated carbocycles. The van der Waals surface area contributed by atoms with Crippen LogP contribution in [0.15, 0.2) is 66.0 Å². The van der Waals surface area contributed by atoms with Gasteiger partial charge in [0.25, 0.3) is 5.91 Å². The number of amides is 2. The van der Waals surface area contributed by atoms with Crippen LogP contribution in [0.25, 0.3) is 11.1 Å². The van der Waals surface area contributed by atoms with Crippen LogP contribution in [0.3, 0.4) is 0 Å². The van der Waals surface area contributed by atoms with E-state index in [4.69, 9.17) is 4.74 Å². The van der Waals surface area contributed by atoms with Crippen LogP contribution in [0, 0.1) is 0 Å². The molecule has 26 heavy (non-hydrogen) atoms. The van der Waals surface area contributed by atoms with E-state index in [1.54, 1.807) is 24.3 Å². The van der Waals surface area contributed by atoms with E-state index in [1.807, 2.05) is 41.8 Å². The van der Waals surface area contributed by atoms with E-state index in [1.165, 1.54) is 18.4 Å². The van der Waals surface area contributed by atoms with Gasteiger partial charge >= 0.3 is 0 Å². The van der Waals surface area contributed by atoms with Crippen molar-refractivity contribution < 1.29 is 14.3 Å². The van der Waals surface area contributed by atoms with Crippen molar-refractivity contribution in [3.05, 3.63) is 70.9 Å². The Hall–Kier alpha value is -2.96. The van der Waals surface area contributed by atoms with E-state index < -0.39 is 0 Å². The van der Waals surface area contributed by atoms with Crippen molar-refractivity contribution in [2.24, 2.45) is 0 Å². The summed E-state index contributed by atoms with van der Waals surface area (Å²) in [4.78, 5) is 25.0. The van der Waals surface area contributed by atoms with Gasteiger partial charge in [-0.2, -0.15) is 0 Å². The first kappa shape index (κ1) is 17.8. The fourth-order valence-electron chi connectivity index (χ4n) is 2.52. The van der Waals surface area contributed by atoms with Crippen molar-refractivity contribution in [1.82, 2.24) is 0 Å². The van der Waals surface area contributed by atoms with Crippen LogP contribution in [0.2, 0.25) is 0 Å². The normalized spacial score (nSPS) is 10.3. The third-order valence-electron chi connectivity index (χ3n) is 3.64. The number of benzene rings is 2. The minimum absolute atomic E-state index is 0.0216. The van der Waals surface area contributed by atoms with E-state index in [-0.39, 0.29) is 18.4 Å². The number of thiophene rings is 1. The van der Waals surface area contributed by atoms with Crippen LogP contribution < -0.4 is 10.6 Å². The second kappa shape index (κ2) is 8.42. The standard InChI is InChI=1S/C20H18N2O3S/c1-25-13-18(23)21-15-8-5-9-16(12-15)22-20(24)19-17(10-11-26-19)14-6-3-2-4-7-14/h2-12H,13H2,1H3,(H,21,23)(H,22,24). The molecule has 0 unspecified atom stereocenters. The van der Waals surface area contributed by atoms with E-state index in [0.29, 0.717) is 16.3 Å². The van der Waals surface area contributed by atoms with Gasteiger partial charge in [-0.25, -0.2) is 0 Å². The molecule has 2 N–H and O–H groups in total. The first-order valence-electron chi connectivity index (χ1n) is 8.00. The molecule has 0 bridgehead atoms. The second-order valence-corrected chi connectivity index (χ2v) is 6.46. The van der Waals surface area contributed by atoms with Gasteiger partial charge in [0.2, 0.25) is 5.91 Å².